The molecule has 0 radical (unpaired) electrons. The maximum absolute atomic E-state index is 12.3. The monoisotopic (exact) mass is 696 g/mol. The van der Waals surface area contributed by atoms with Gasteiger partial charge in [0.1, 0.15) is 13.2 Å². The quantitative estimate of drug-likeness (QED) is 0.0949. The molecule has 2 amide bonds. The van der Waals surface area contributed by atoms with Crippen molar-refractivity contribution in [3.8, 4) is 11.5 Å². The molecule has 0 saturated heterocycles. The highest BCUT2D eigenvalue weighted by atomic mass is 32.2. The molecule has 1 rings (SSSR count). The van der Waals surface area contributed by atoms with Crippen molar-refractivity contribution in [2.45, 2.75) is 76.0 Å². The molecule has 254 valence electrons. The van der Waals surface area contributed by atoms with Gasteiger partial charge in [0.25, 0.3) is 0 Å². The van der Waals surface area contributed by atoms with Gasteiger partial charge in [-0.2, -0.15) is 27.0 Å². The molecule has 16 heteroatoms. The van der Waals surface area contributed by atoms with Crippen molar-refractivity contribution in [2.24, 2.45) is 22.9 Å². The number of benzene rings is 1. The van der Waals surface area contributed by atoms with E-state index < -0.39 is 12.1 Å². The fraction of sp³-hybridized carbons (Fsp3) is 0.643. The first-order valence-corrected chi connectivity index (χ1v) is 16.2. The maximum Gasteiger partial charge on any atom is 0.237 e. The lowest BCUT2D eigenvalue weighted by atomic mass is 10.1. The van der Waals surface area contributed by atoms with Gasteiger partial charge in [0.05, 0.1) is 25.2 Å². The van der Waals surface area contributed by atoms with Crippen LogP contribution in [-0.2, 0) is 30.7 Å². The number of carbonyl (C=O) groups is 4. The lowest BCUT2D eigenvalue weighted by Crippen LogP contribution is -2.42. The Bertz CT molecular complexity index is 931. The molecule has 1 aromatic rings. The van der Waals surface area contributed by atoms with E-state index in [0.29, 0.717) is 48.9 Å². The van der Waals surface area contributed by atoms with E-state index in [1.165, 1.54) is 13.8 Å². The van der Waals surface area contributed by atoms with Crippen molar-refractivity contribution < 1.29 is 28.7 Å². The second kappa shape index (κ2) is 26.5. The first kappa shape index (κ1) is 44.5. The minimum atomic E-state index is -0.618. The Hall–Kier alpha value is -1.66. The number of carbonyl (C=O) groups excluding carboxylic acids is 4. The summed E-state index contributed by atoms with van der Waals surface area (Å²) >= 11 is 2.30. The van der Waals surface area contributed by atoms with Crippen LogP contribution in [0.1, 0.15) is 63.5 Å². The summed E-state index contributed by atoms with van der Waals surface area (Å²) < 4.78 is 12.0. The maximum atomic E-state index is 12.3. The molecule has 2 atom stereocenters. The Labute approximate surface area is 283 Å². The lowest BCUT2D eigenvalue weighted by Gasteiger charge is -2.18. The zero-order valence-electron chi connectivity index (χ0n) is 25.8. The Kier molecular flexibility index (Phi) is 26.8. The smallest absolute Gasteiger partial charge is 0.237 e. The summed E-state index contributed by atoms with van der Waals surface area (Å²) in [5.41, 5.74) is 24.5. The van der Waals surface area contributed by atoms with Crippen LogP contribution in [0.15, 0.2) is 12.1 Å². The van der Waals surface area contributed by atoms with Crippen LogP contribution in [0.25, 0.3) is 0 Å². The van der Waals surface area contributed by atoms with E-state index in [-0.39, 0.29) is 75.3 Å². The highest BCUT2D eigenvalue weighted by Gasteiger charge is 2.17. The molecule has 0 saturated carbocycles. The lowest BCUT2D eigenvalue weighted by molar-refractivity contribution is -0.123. The van der Waals surface area contributed by atoms with Gasteiger partial charge < -0.3 is 43.0 Å². The van der Waals surface area contributed by atoms with Crippen LogP contribution >= 0.6 is 50.5 Å². The number of ether oxygens (including phenoxy) is 2. The first-order valence-electron chi connectivity index (χ1n) is 14.2. The molecule has 0 bridgehead atoms. The SMILES string of the molecule is CC(=O)SCc1cc(OCCNC(=O)[C@@H](N)CCCCN)c(OCCNC(=O)[C@@H](N)CCCCN)cc1CSC(C)=O.S.S. The molecule has 44 heavy (non-hydrogen) atoms. The zero-order valence-corrected chi connectivity index (χ0v) is 29.4. The average Bonchev–Trinajstić information content (AvgIpc) is 2.95. The van der Waals surface area contributed by atoms with E-state index in [4.69, 9.17) is 32.4 Å². The van der Waals surface area contributed by atoms with Gasteiger partial charge in [0.15, 0.2) is 21.7 Å². The highest BCUT2D eigenvalue weighted by Crippen LogP contribution is 2.34. The van der Waals surface area contributed by atoms with E-state index in [2.05, 4.69) is 10.6 Å². The number of thioether (sulfide) groups is 2. The molecule has 0 aliphatic heterocycles. The van der Waals surface area contributed by atoms with Crippen molar-refractivity contribution >= 4 is 72.6 Å². The Balaban J connectivity index is 0. The fourth-order valence-corrected chi connectivity index (χ4v) is 4.96. The minimum absolute atomic E-state index is 0. The van der Waals surface area contributed by atoms with E-state index in [9.17, 15) is 19.2 Å². The summed E-state index contributed by atoms with van der Waals surface area (Å²) in [4.78, 5) is 47.9. The van der Waals surface area contributed by atoms with Crippen LogP contribution in [0.5, 0.6) is 11.5 Å². The predicted octanol–water partition coefficient (Wildman–Crippen LogP) is 1.37. The number of amides is 2. The highest BCUT2D eigenvalue weighted by molar-refractivity contribution is 8.13. The van der Waals surface area contributed by atoms with E-state index in [0.717, 1.165) is 60.3 Å². The molecule has 12 nitrogen and oxygen atoms in total. The molecule has 0 unspecified atom stereocenters. The Morgan fingerprint density at radius 1 is 0.705 bits per heavy atom. The molecule has 0 aliphatic rings. The number of unbranched alkanes of at least 4 members (excludes halogenated alkanes) is 2. The first-order chi connectivity index (χ1) is 20.1. The Morgan fingerprint density at radius 2 is 1.07 bits per heavy atom. The second-order valence-electron chi connectivity index (χ2n) is 9.69. The summed E-state index contributed by atoms with van der Waals surface area (Å²) in [5.74, 6) is 1.09. The molecule has 0 aliphatic carbocycles. The molecule has 10 N–H and O–H groups in total. The van der Waals surface area contributed by atoms with Gasteiger partial charge in [-0.15, -0.1) is 0 Å². The third-order valence-corrected chi connectivity index (χ3v) is 7.78. The van der Waals surface area contributed by atoms with E-state index >= 15 is 0 Å². The van der Waals surface area contributed by atoms with Crippen molar-refractivity contribution in [3.63, 3.8) is 0 Å². The predicted molar refractivity (Wildman–Crippen MR) is 190 cm³/mol. The molecule has 0 aromatic heterocycles. The minimum Gasteiger partial charge on any atom is -0.488 e. The normalized spacial score (nSPS) is 11.8. The number of hydrogen-bond acceptors (Lipinski definition) is 12. The van der Waals surface area contributed by atoms with Crippen LogP contribution in [0, 0.1) is 0 Å². The third kappa shape index (κ3) is 19.7. The molecule has 0 heterocycles. The summed E-state index contributed by atoms with van der Waals surface area (Å²) in [6.07, 6.45) is 4.27. The Morgan fingerprint density at radius 3 is 1.39 bits per heavy atom. The van der Waals surface area contributed by atoms with Crippen LogP contribution in [-0.4, -0.2) is 73.5 Å². The van der Waals surface area contributed by atoms with Gasteiger partial charge in [-0.25, -0.2) is 0 Å². The topological polar surface area (TPSA) is 215 Å². The van der Waals surface area contributed by atoms with Crippen molar-refractivity contribution in [1.82, 2.24) is 10.6 Å². The van der Waals surface area contributed by atoms with E-state index in [1.54, 1.807) is 12.1 Å². The summed E-state index contributed by atoms with van der Waals surface area (Å²) in [5, 5.41) is 5.48. The van der Waals surface area contributed by atoms with Gasteiger partial charge >= 0.3 is 0 Å². The largest absolute Gasteiger partial charge is 0.488 e. The second-order valence-corrected chi connectivity index (χ2v) is 12.0. The summed E-state index contributed by atoms with van der Waals surface area (Å²) in [6, 6.07) is 2.33. The third-order valence-electron chi connectivity index (χ3n) is 6.06. The number of nitrogens with one attached hydrogen (secondary N) is 2. The van der Waals surface area contributed by atoms with Crippen LogP contribution < -0.4 is 43.0 Å². The molecule has 0 spiro atoms. The van der Waals surface area contributed by atoms with Gasteiger partial charge in [-0.3, -0.25) is 19.2 Å². The van der Waals surface area contributed by atoms with Gasteiger partial charge in [0, 0.05) is 25.4 Å². The number of hydrogen-bond donors (Lipinski definition) is 6. The van der Waals surface area contributed by atoms with Crippen molar-refractivity contribution in [1.29, 1.82) is 0 Å². The fourth-order valence-electron chi connectivity index (χ4n) is 3.71. The average molecular weight is 697 g/mol. The molecule has 0 fully saturated rings. The van der Waals surface area contributed by atoms with Crippen LogP contribution in [0.4, 0.5) is 0 Å². The van der Waals surface area contributed by atoms with Gasteiger partial charge in [-0.1, -0.05) is 36.4 Å². The van der Waals surface area contributed by atoms with Gasteiger partial charge in [-0.05, 0) is 62.0 Å². The summed E-state index contributed by atoms with van der Waals surface area (Å²) in [6.45, 7) is 4.83. The summed E-state index contributed by atoms with van der Waals surface area (Å²) in [7, 11) is 0. The van der Waals surface area contributed by atoms with Crippen molar-refractivity contribution in [2.75, 3.05) is 39.4 Å². The van der Waals surface area contributed by atoms with Crippen molar-refractivity contribution in [3.05, 3.63) is 23.3 Å². The van der Waals surface area contributed by atoms with Crippen LogP contribution in [0.2, 0.25) is 0 Å². The van der Waals surface area contributed by atoms with Gasteiger partial charge in [0.2, 0.25) is 11.8 Å². The number of nitrogens with two attached hydrogens (primary N) is 4. The van der Waals surface area contributed by atoms with E-state index in [1.807, 2.05) is 0 Å². The molecule has 1 aromatic carbocycles. The standard InChI is InChI=1S/C28H48N6O6S2.2H2S/c1-19(35)41-17-21-15-25(39-13-11-33-27(37)23(31)7-3-5-9-29)26(16-22(21)18-42-20(2)36)40-14-12-34-28(38)24(32)8-4-6-10-30;;/h15-16,23-24H,3-14,17-18,29-32H2,1-2H3,(H,33,37)(H,34,38);2*1H2/t23-,24-;;/m0../s1. The zero-order chi connectivity index (χ0) is 31.3. The molecular formula is C28H52N6O6S4. The number of rotatable bonds is 22. The van der Waals surface area contributed by atoms with Crippen LogP contribution in [0.3, 0.4) is 0 Å². The molecular weight excluding hydrogens is 645 g/mol.